The molecule has 3 heterocycles. The van der Waals surface area contributed by atoms with E-state index in [4.69, 9.17) is 9.15 Å². The van der Waals surface area contributed by atoms with E-state index in [1.165, 1.54) is 11.8 Å². The Bertz CT molecular complexity index is 969. The van der Waals surface area contributed by atoms with Gasteiger partial charge >= 0.3 is 0 Å². The van der Waals surface area contributed by atoms with Crippen molar-refractivity contribution >= 4 is 16.9 Å². The second-order valence-corrected chi connectivity index (χ2v) is 6.96. The molecule has 0 unspecified atom stereocenters. The molecule has 1 amide bonds. The third kappa shape index (κ3) is 2.25. The van der Waals surface area contributed by atoms with E-state index in [0.29, 0.717) is 12.2 Å². The molecule has 5 rings (SSSR count). The first-order chi connectivity index (χ1) is 12.8. The van der Waals surface area contributed by atoms with Crippen molar-refractivity contribution in [2.75, 3.05) is 13.7 Å². The lowest BCUT2D eigenvalue weighted by Crippen LogP contribution is -2.55. The van der Waals surface area contributed by atoms with Crippen LogP contribution in [0.4, 0.5) is 0 Å². The normalized spacial score (nSPS) is 24.5. The van der Waals surface area contributed by atoms with Crippen molar-refractivity contribution in [3.63, 3.8) is 0 Å². The third-order valence-electron chi connectivity index (χ3n) is 5.64. The first-order valence-corrected chi connectivity index (χ1v) is 8.86. The van der Waals surface area contributed by atoms with Crippen LogP contribution in [0.1, 0.15) is 34.2 Å². The molecule has 3 aromatic rings. The zero-order valence-corrected chi connectivity index (χ0v) is 14.5. The van der Waals surface area contributed by atoms with Gasteiger partial charge < -0.3 is 14.1 Å². The van der Waals surface area contributed by atoms with Crippen molar-refractivity contribution in [2.45, 2.75) is 30.9 Å². The Morgan fingerprint density at radius 1 is 1.31 bits per heavy atom. The minimum absolute atomic E-state index is 0.0835. The highest BCUT2D eigenvalue weighted by Crippen LogP contribution is 2.45. The van der Waals surface area contributed by atoms with Gasteiger partial charge in [0.1, 0.15) is 17.0 Å². The number of fused-ring (bicyclic) bond motifs is 6. The van der Waals surface area contributed by atoms with E-state index in [2.05, 4.69) is 16.0 Å². The van der Waals surface area contributed by atoms with Gasteiger partial charge in [0.15, 0.2) is 0 Å². The Kier molecular flexibility index (Phi) is 3.53. The number of methoxy groups -OCH3 is 1. The molecule has 0 N–H and O–H groups in total. The average molecular weight is 349 g/mol. The molecule has 1 saturated heterocycles. The summed E-state index contributed by atoms with van der Waals surface area (Å²) in [4.78, 5) is 23.1. The van der Waals surface area contributed by atoms with Gasteiger partial charge in [-0.3, -0.25) is 9.78 Å². The number of furan rings is 1. The van der Waals surface area contributed by atoms with Crippen LogP contribution in [0.3, 0.4) is 0 Å². The highest BCUT2D eigenvalue weighted by Gasteiger charge is 2.45. The predicted octanol–water partition coefficient (Wildman–Crippen LogP) is 2.79. The third-order valence-corrected chi connectivity index (χ3v) is 5.64. The summed E-state index contributed by atoms with van der Waals surface area (Å²) in [6, 6.07) is 8.23. The molecular formula is C20H19N3O3. The number of nitrogens with zero attached hydrogens (tertiary/aromatic N) is 3. The fourth-order valence-corrected chi connectivity index (χ4v) is 4.42. The summed E-state index contributed by atoms with van der Waals surface area (Å²) < 4.78 is 11.9. The van der Waals surface area contributed by atoms with Crippen molar-refractivity contribution in [3.05, 3.63) is 59.9 Å². The van der Waals surface area contributed by atoms with Crippen LogP contribution in [-0.4, -0.2) is 46.6 Å². The molecule has 6 nitrogen and oxygen atoms in total. The van der Waals surface area contributed by atoms with E-state index >= 15 is 0 Å². The van der Waals surface area contributed by atoms with Crippen molar-refractivity contribution in [1.29, 1.82) is 0 Å². The number of para-hydroxylation sites is 1. The van der Waals surface area contributed by atoms with E-state index < -0.39 is 0 Å². The SMILES string of the molecule is CO[C@H]1CN(C(=O)c2cnccn2)[C@H]2Cc3c(oc4ccccc34)[C@@H]1C2. The fourth-order valence-electron chi connectivity index (χ4n) is 4.42. The largest absolute Gasteiger partial charge is 0.460 e. The number of hydrogen-bond donors (Lipinski definition) is 0. The molecule has 26 heavy (non-hydrogen) atoms. The minimum atomic E-state index is -0.0912. The molecule has 2 bridgehead atoms. The number of likely N-dealkylation sites (tertiary alicyclic amines) is 1. The Labute approximate surface area is 150 Å². The molecule has 6 heteroatoms. The molecule has 2 aliphatic rings. The average Bonchev–Trinajstić information content (AvgIpc) is 3.07. The van der Waals surface area contributed by atoms with Crippen LogP contribution >= 0.6 is 0 Å². The summed E-state index contributed by atoms with van der Waals surface area (Å²) in [5.41, 5.74) is 2.50. The van der Waals surface area contributed by atoms with Gasteiger partial charge in [-0.15, -0.1) is 0 Å². The highest BCUT2D eigenvalue weighted by atomic mass is 16.5. The summed E-state index contributed by atoms with van der Waals surface area (Å²) in [5.74, 6) is 1.12. The Hall–Kier alpha value is -2.73. The first-order valence-electron chi connectivity index (χ1n) is 8.86. The van der Waals surface area contributed by atoms with E-state index in [-0.39, 0.29) is 24.0 Å². The van der Waals surface area contributed by atoms with Gasteiger partial charge in [0, 0.05) is 49.0 Å². The van der Waals surface area contributed by atoms with Crippen LogP contribution in [-0.2, 0) is 11.2 Å². The number of aromatic nitrogens is 2. The maximum Gasteiger partial charge on any atom is 0.274 e. The Morgan fingerprint density at radius 2 is 2.19 bits per heavy atom. The van der Waals surface area contributed by atoms with Gasteiger partial charge in [-0.1, -0.05) is 18.2 Å². The Balaban J connectivity index is 1.57. The molecule has 1 fully saturated rings. The highest BCUT2D eigenvalue weighted by molar-refractivity contribution is 5.92. The lowest BCUT2D eigenvalue weighted by molar-refractivity contribution is -0.0149. The number of benzene rings is 1. The van der Waals surface area contributed by atoms with Crippen LogP contribution in [0.25, 0.3) is 11.0 Å². The summed E-state index contributed by atoms with van der Waals surface area (Å²) >= 11 is 0. The van der Waals surface area contributed by atoms with Crippen molar-refractivity contribution in [2.24, 2.45) is 0 Å². The van der Waals surface area contributed by atoms with E-state index in [9.17, 15) is 4.79 Å². The molecule has 132 valence electrons. The summed E-state index contributed by atoms with van der Waals surface area (Å²) in [6.07, 6.45) is 6.20. The predicted molar refractivity (Wildman–Crippen MR) is 94.9 cm³/mol. The molecule has 0 radical (unpaired) electrons. The maximum atomic E-state index is 13.0. The topological polar surface area (TPSA) is 68.5 Å². The number of hydrogen-bond acceptors (Lipinski definition) is 5. The molecule has 0 saturated carbocycles. The van der Waals surface area contributed by atoms with Gasteiger partial charge in [-0.25, -0.2) is 4.98 Å². The van der Waals surface area contributed by atoms with Crippen molar-refractivity contribution in [1.82, 2.24) is 14.9 Å². The summed E-state index contributed by atoms with van der Waals surface area (Å²) in [6.45, 7) is 0.539. The molecule has 1 aliphatic heterocycles. The smallest absolute Gasteiger partial charge is 0.274 e. The van der Waals surface area contributed by atoms with Crippen molar-refractivity contribution in [3.8, 4) is 0 Å². The van der Waals surface area contributed by atoms with Crippen molar-refractivity contribution < 1.29 is 13.9 Å². The zero-order valence-electron chi connectivity index (χ0n) is 14.5. The lowest BCUT2D eigenvalue weighted by atomic mass is 9.77. The number of carbonyl (C=O) groups excluding carboxylic acids is 1. The van der Waals surface area contributed by atoms with Gasteiger partial charge in [0.25, 0.3) is 5.91 Å². The van der Waals surface area contributed by atoms with Crippen LogP contribution in [0.2, 0.25) is 0 Å². The molecule has 1 aliphatic carbocycles. The number of ether oxygens (including phenoxy) is 1. The summed E-state index contributed by atoms with van der Waals surface area (Å²) in [7, 11) is 1.70. The maximum absolute atomic E-state index is 13.0. The molecule has 0 spiro atoms. The molecular weight excluding hydrogens is 330 g/mol. The van der Waals surface area contributed by atoms with Gasteiger partial charge in [0.2, 0.25) is 0 Å². The first kappa shape index (κ1) is 15.5. The number of rotatable bonds is 2. The second kappa shape index (κ2) is 5.92. The number of piperidine rings is 1. The number of amides is 1. The fraction of sp³-hybridized carbons (Fsp3) is 0.350. The standard InChI is InChI=1S/C20H19N3O3/c1-25-18-11-23(20(24)16-10-21-6-7-22-16)12-8-14-13-4-2-3-5-17(13)26-19(14)15(18)9-12/h2-7,10,12,15,18H,8-9,11H2,1H3/t12-,15+,18-/m0/s1. The molecule has 2 aromatic heterocycles. The second-order valence-electron chi connectivity index (χ2n) is 6.96. The number of carbonyl (C=O) groups is 1. The van der Waals surface area contributed by atoms with Gasteiger partial charge in [-0.2, -0.15) is 0 Å². The Morgan fingerprint density at radius 3 is 3.00 bits per heavy atom. The van der Waals surface area contributed by atoms with Crippen LogP contribution in [0, 0.1) is 0 Å². The van der Waals surface area contributed by atoms with E-state index in [1.54, 1.807) is 19.5 Å². The van der Waals surface area contributed by atoms with E-state index in [1.807, 2.05) is 23.1 Å². The quantitative estimate of drug-likeness (QED) is 0.712. The van der Waals surface area contributed by atoms with Crippen LogP contribution in [0.5, 0.6) is 0 Å². The molecule has 3 atom stereocenters. The van der Waals surface area contributed by atoms with Gasteiger partial charge in [-0.05, 0) is 18.9 Å². The van der Waals surface area contributed by atoms with Crippen LogP contribution in [0.15, 0.2) is 47.3 Å². The lowest BCUT2D eigenvalue weighted by Gasteiger charge is -2.45. The van der Waals surface area contributed by atoms with Crippen LogP contribution < -0.4 is 0 Å². The van der Waals surface area contributed by atoms with E-state index in [0.717, 1.165) is 29.6 Å². The summed E-state index contributed by atoms with van der Waals surface area (Å²) in [5, 5.41) is 1.14. The minimum Gasteiger partial charge on any atom is -0.460 e. The zero-order chi connectivity index (χ0) is 17.7. The van der Waals surface area contributed by atoms with Gasteiger partial charge in [0.05, 0.1) is 12.3 Å². The monoisotopic (exact) mass is 349 g/mol. The molecule has 1 aromatic carbocycles.